The van der Waals surface area contributed by atoms with Crippen LogP contribution >= 0.6 is 0 Å². The maximum absolute atomic E-state index is 12.3. The van der Waals surface area contributed by atoms with Crippen LogP contribution in [-0.2, 0) is 11.8 Å². The summed E-state index contributed by atoms with van der Waals surface area (Å²) in [4.78, 5) is 23.8. The molecule has 0 atom stereocenters. The molecule has 4 aromatic rings. The molecule has 0 aliphatic rings. The Kier molecular flexibility index (Phi) is 4.41. The Hall–Kier alpha value is -3.86. The molecule has 138 valence electrons. The highest BCUT2D eigenvalue weighted by molar-refractivity contribution is 6.09. The van der Waals surface area contributed by atoms with Crippen LogP contribution in [-0.4, -0.2) is 16.4 Å². The lowest BCUT2D eigenvalue weighted by molar-refractivity contribution is -0.299. The molecule has 28 heavy (non-hydrogen) atoms. The second kappa shape index (κ2) is 7.04. The average Bonchev–Trinajstić information content (AvgIpc) is 3.00. The molecule has 4 rings (SSSR count). The maximum Gasteiger partial charge on any atom is 0.255 e. The molecule has 0 bridgehead atoms. The Morgan fingerprint density at radius 3 is 2.32 bits per heavy atom. The number of rotatable bonds is 4. The Morgan fingerprint density at radius 1 is 0.893 bits per heavy atom. The number of aliphatic carboxylic acids is 1. The van der Waals surface area contributed by atoms with E-state index in [1.54, 1.807) is 30.3 Å². The fourth-order valence-electron chi connectivity index (χ4n) is 3.37. The zero-order valence-corrected chi connectivity index (χ0v) is 15.2. The average molecular weight is 369 g/mol. The van der Waals surface area contributed by atoms with Crippen molar-refractivity contribution in [2.24, 2.45) is 7.05 Å². The van der Waals surface area contributed by atoms with Gasteiger partial charge in [0.2, 0.25) is 0 Å². The Labute approximate surface area is 161 Å². The molecule has 1 N–H and O–H groups in total. The van der Waals surface area contributed by atoms with Gasteiger partial charge in [-0.2, -0.15) is 0 Å². The SMILES string of the molecule is Cn1c2ccccc2c2cc(/C=C(/NC(=O)c3ccccc3)C(=O)[O-])ccc21. The van der Waals surface area contributed by atoms with Gasteiger partial charge in [-0.05, 0) is 42.0 Å². The van der Waals surface area contributed by atoms with Gasteiger partial charge in [0.05, 0.1) is 11.7 Å². The molecule has 0 radical (unpaired) electrons. The Bertz CT molecular complexity index is 1240. The van der Waals surface area contributed by atoms with E-state index in [9.17, 15) is 14.7 Å². The number of carbonyl (C=O) groups excluding carboxylic acids is 2. The standard InChI is InChI=1S/C23H18N2O3/c1-25-20-10-6-5-9-17(20)18-13-15(11-12-21(18)25)14-19(23(27)28)24-22(26)16-7-3-2-4-8-16/h2-14H,1H3,(H,24,26)(H,27,28)/p-1/b19-14+. The summed E-state index contributed by atoms with van der Waals surface area (Å²) in [5.74, 6) is -1.94. The first-order valence-corrected chi connectivity index (χ1v) is 8.81. The number of aryl methyl sites for hydroxylation is 1. The molecular formula is C23H17N2O3-. The minimum absolute atomic E-state index is 0.284. The topological polar surface area (TPSA) is 74.2 Å². The number of carboxylic acid groups (broad SMARTS) is 1. The summed E-state index contributed by atoms with van der Waals surface area (Å²) in [5.41, 5.74) is 2.89. The third-order valence-electron chi connectivity index (χ3n) is 4.75. The van der Waals surface area contributed by atoms with Crippen LogP contribution in [0.15, 0.2) is 78.5 Å². The number of nitrogens with zero attached hydrogens (tertiary/aromatic N) is 1. The Balaban J connectivity index is 1.74. The van der Waals surface area contributed by atoms with Crippen molar-refractivity contribution in [3.8, 4) is 0 Å². The summed E-state index contributed by atoms with van der Waals surface area (Å²) in [7, 11) is 1.99. The van der Waals surface area contributed by atoms with Crippen molar-refractivity contribution in [1.29, 1.82) is 0 Å². The van der Waals surface area contributed by atoms with Gasteiger partial charge in [-0.25, -0.2) is 0 Å². The molecule has 3 aromatic carbocycles. The van der Waals surface area contributed by atoms with E-state index in [0.29, 0.717) is 11.1 Å². The highest BCUT2D eigenvalue weighted by Gasteiger charge is 2.10. The van der Waals surface area contributed by atoms with Gasteiger partial charge < -0.3 is 19.8 Å². The van der Waals surface area contributed by atoms with Gasteiger partial charge in [0.15, 0.2) is 0 Å². The van der Waals surface area contributed by atoms with Gasteiger partial charge >= 0.3 is 0 Å². The molecule has 0 spiro atoms. The van der Waals surface area contributed by atoms with E-state index in [1.807, 2.05) is 49.5 Å². The summed E-state index contributed by atoms with van der Waals surface area (Å²) in [5, 5.41) is 16.1. The normalized spacial score (nSPS) is 11.7. The molecule has 0 fully saturated rings. The molecule has 1 amide bonds. The lowest BCUT2D eigenvalue weighted by atomic mass is 10.1. The van der Waals surface area contributed by atoms with Crippen molar-refractivity contribution in [3.63, 3.8) is 0 Å². The number of fused-ring (bicyclic) bond motifs is 3. The number of hydrogen-bond donors (Lipinski definition) is 1. The first-order chi connectivity index (χ1) is 13.5. The van der Waals surface area contributed by atoms with Crippen molar-refractivity contribution >= 4 is 39.8 Å². The van der Waals surface area contributed by atoms with Gasteiger partial charge in [0, 0.05) is 34.4 Å². The summed E-state index contributed by atoms with van der Waals surface area (Å²) in [6, 6.07) is 22.1. The summed E-state index contributed by atoms with van der Waals surface area (Å²) in [6.45, 7) is 0. The van der Waals surface area contributed by atoms with E-state index in [-0.39, 0.29) is 5.70 Å². The second-order valence-electron chi connectivity index (χ2n) is 6.52. The largest absolute Gasteiger partial charge is 0.543 e. The predicted octanol–water partition coefficient (Wildman–Crippen LogP) is 2.85. The molecule has 0 saturated carbocycles. The highest BCUT2D eigenvalue weighted by atomic mass is 16.4. The van der Waals surface area contributed by atoms with Crippen molar-refractivity contribution in [2.75, 3.05) is 0 Å². The van der Waals surface area contributed by atoms with Crippen molar-refractivity contribution in [1.82, 2.24) is 9.88 Å². The lowest BCUT2D eigenvalue weighted by Crippen LogP contribution is -2.35. The number of carboxylic acids is 1. The minimum atomic E-state index is -1.44. The number of amides is 1. The van der Waals surface area contributed by atoms with Gasteiger partial charge in [-0.3, -0.25) is 4.79 Å². The predicted molar refractivity (Wildman–Crippen MR) is 107 cm³/mol. The van der Waals surface area contributed by atoms with Crippen LogP contribution in [0.4, 0.5) is 0 Å². The van der Waals surface area contributed by atoms with Crippen molar-refractivity contribution < 1.29 is 14.7 Å². The van der Waals surface area contributed by atoms with Crippen molar-refractivity contribution in [3.05, 3.63) is 89.6 Å². The van der Waals surface area contributed by atoms with Gasteiger partial charge in [0.1, 0.15) is 0 Å². The molecule has 1 heterocycles. The van der Waals surface area contributed by atoms with Gasteiger partial charge in [-0.15, -0.1) is 0 Å². The minimum Gasteiger partial charge on any atom is -0.543 e. The maximum atomic E-state index is 12.3. The molecular weight excluding hydrogens is 352 g/mol. The van der Waals surface area contributed by atoms with Crippen LogP contribution in [0.1, 0.15) is 15.9 Å². The second-order valence-corrected chi connectivity index (χ2v) is 6.52. The number of carbonyl (C=O) groups is 2. The number of nitrogens with one attached hydrogen (secondary N) is 1. The van der Waals surface area contributed by atoms with E-state index in [2.05, 4.69) is 9.88 Å². The van der Waals surface area contributed by atoms with Gasteiger partial charge in [-0.1, -0.05) is 42.5 Å². The van der Waals surface area contributed by atoms with E-state index < -0.39 is 11.9 Å². The Morgan fingerprint density at radius 2 is 1.57 bits per heavy atom. The monoisotopic (exact) mass is 369 g/mol. The molecule has 0 saturated heterocycles. The zero-order valence-electron chi connectivity index (χ0n) is 15.2. The first kappa shape index (κ1) is 17.5. The van der Waals surface area contributed by atoms with E-state index in [0.717, 1.165) is 21.8 Å². The van der Waals surface area contributed by atoms with E-state index in [4.69, 9.17) is 0 Å². The van der Waals surface area contributed by atoms with Crippen molar-refractivity contribution in [2.45, 2.75) is 0 Å². The van der Waals surface area contributed by atoms with Crippen LogP contribution in [0.2, 0.25) is 0 Å². The van der Waals surface area contributed by atoms with E-state index in [1.165, 1.54) is 6.08 Å². The molecule has 0 aliphatic carbocycles. The van der Waals surface area contributed by atoms with Gasteiger partial charge in [0.25, 0.3) is 5.91 Å². The van der Waals surface area contributed by atoms with Crippen LogP contribution in [0.3, 0.4) is 0 Å². The van der Waals surface area contributed by atoms with E-state index >= 15 is 0 Å². The number of para-hydroxylation sites is 1. The van der Waals surface area contributed by atoms with Crippen LogP contribution in [0, 0.1) is 0 Å². The fraction of sp³-hybridized carbons (Fsp3) is 0.0435. The highest BCUT2D eigenvalue weighted by Crippen LogP contribution is 2.29. The lowest BCUT2D eigenvalue weighted by Gasteiger charge is -2.11. The quantitative estimate of drug-likeness (QED) is 0.562. The first-order valence-electron chi connectivity index (χ1n) is 8.81. The molecule has 1 aromatic heterocycles. The molecule has 0 unspecified atom stereocenters. The fourth-order valence-corrected chi connectivity index (χ4v) is 3.37. The number of aromatic nitrogens is 1. The summed E-state index contributed by atoms with van der Waals surface area (Å²) < 4.78 is 2.09. The van der Waals surface area contributed by atoms with Crippen LogP contribution in [0.25, 0.3) is 27.9 Å². The van der Waals surface area contributed by atoms with Crippen LogP contribution in [0.5, 0.6) is 0 Å². The summed E-state index contributed by atoms with van der Waals surface area (Å²) >= 11 is 0. The number of benzene rings is 3. The molecule has 0 aliphatic heterocycles. The molecule has 5 nitrogen and oxygen atoms in total. The molecule has 5 heteroatoms. The summed E-state index contributed by atoms with van der Waals surface area (Å²) in [6.07, 6.45) is 1.41. The third-order valence-corrected chi connectivity index (χ3v) is 4.75. The third kappa shape index (κ3) is 3.14. The number of hydrogen-bond acceptors (Lipinski definition) is 3. The zero-order chi connectivity index (χ0) is 19.7. The smallest absolute Gasteiger partial charge is 0.255 e. The van der Waals surface area contributed by atoms with Crippen LogP contribution < -0.4 is 10.4 Å².